The molecular formula is C17H32O2. The highest BCUT2D eigenvalue weighted by Gasteiger charge is 2.24. The molecule has 0 saturated carbocycles. The molecule has 2 nitrogen and oxygen atoms in total. The van der Waals surface area contributed by atoms with Crippen molar-refractivity contribution in [3.05, 3.63) is 12.2 Å². The monoisotopic (exact) mass is 268 g/mol. The van der Waals surface area contributed by atoms with E-state index in [4.69, 9.17) is 4.74 Å². The Hall–Kier alpha value is -0.790. The Balaban J connectivity index is 4.22. The van der Waals surface area contributed by atoms with Gasteiger partial charge in [-0.15, -0.1) is 0 Å². The van der Waals surface area contributed by atoms with Gasteiger partial charge in [0.15, 0.2) is 0 Å². The zero-order valence-corrected chi connectivity index (χ0v) is 13.8. The lowest BCUT2D eigenvalue weighted by molar-refractivity contribution is -0.158. The number of carbonyl (C=O) groups excluding carboxylic acids is 1. The molecule has 0 aromatic carbocycles. The molecule has 0 bridgehead atoms. The summed E-state index contributed by atoms with van der Waals surface area (Å²) in [4.78, 5) is 12.0. The molecule has 2 heteroatoms. The fourth-order valence-electron chi connectivity index (χ4n) is 2.06. The summed E-state index contributed by atoms with van der Waals surface area (Å²) in [6.07, 6.45) is 6.13. The lowest BCUT2D eigenvalue weighted by Gasteiger charge is -2.26. The van der Waals surface area contributed by atoms with Crippen LogP contribution in [0.3, 0.4) is 0 Å². The first-order chi connectivity index (χ1) is 8.75. The van der Waals surface area contributed by atoms with Crippen LogP contribution in [0.2, 0.25) is 0 Å². The maximum Gasteiger partial charge on any atom is 0.309 e. The van der Waals surface area contributed by atoms with Crippen molar-refractivity contribution in [2.45, 2.75) is 67.4 Å². The van der Waals surface area contributed by atoms with E-state index in [2.05, 4.69) is 53.7 Å². The van der Waals surface area contributed by atoms with Gasteiger partial charge >= 0.3 is 5.97 Å². The molecule has 0 radical (unpaired) electrons. The molecule has 0 aliphatic heterocycles. The third-order valence-corrected chi connectivity index (χ3v) is 3.23. The summed E-state index contributed by atoms with van der Waals surface area (Å²) >= 11 is 0. The van der Waals surface area contributed by atoms with Gasteiger partial charge in [0.2, 0.25) is 0 Å². The van der Waals surface area contributed by atoms with Gasteiger partial charge in [0.1, 0.15) is 6.10 Å². The van der Waals surface area contributed by atoms with Gasteiger partial charge in [-0.25, -0.2) is 0 Å². The summed E-state index contributed by atoms with van der Waals surface area (Å²) < 4.78 is 5.64. The maximum absolute atomic E-state index is 12.0. The summed E-state index contributed by atoms with van der Waals surface area (Å²) in [5, 5.41) is 0. The van der Waals surface area contributed by atoms with Gasteiger partial charge in [0.05, 0.1) is 5.92 Å². The number of hydrogen-bond acceptors (Lipinski definition) is 2. The van der Waals surface area contributed by atoms with Crippen molar-refractivity contribution in [1.29, 1.82) is 0 Å². The molecule has 0 aliphatic rings. The van der Waals surface area contributed by atoms with Crippen molar-refractivity contribution in [3.8, 4) is 0 Å². The normalized spacial score (nSPS) is 14.1. The summed E-state index contributed by atoms with van der Waals surface area (Å²) in [5.74, 6) is 1.29. The Morgan fingerprint density at radius 1 is 0.895 bits per heavy atom. The van der Waals surface area contributed by atoms with E-state index in [1.807, 2.05) is 6.92 Å². The molecule has 0 aromatic rings. The number of hydrogen-bond donors (Lipinski definition) is 0. The van der Waals surface area contributed by atoms with E-state index in [-0.39, 0.29) is 18.0 Å². The minimum Gasteiger partial charge on any atom is -0.462 e. The quantitative estimate of drug-likeness (QED) is 0.465. The first kappa shape index (κ1) is 18.2. The fourth-order valence-corrected chi connectivity index (χ4v) is 2.06. The third kappa shape index (κ3) is 8.07. The van der Waals surface area contributed by atoms with Crippen LogP contribution >= 0.6 is 0 Å². The van der Waals surface area contributed by atoms with Crippen LogP contribution < -0.4 is 0 Å². The second kappa shape index (κ2) is 9.17. The van der Waals surface area contributed by atoms with Crippen molar-refractivity contribution >= 4 is 5.97 Å². The molecule has 0 N–H and O–H groups in total. The number of rotatable bonds is 8. The zero-order valence-electron chi connectivity index (χ0n) is 13.8. The number of carbonyl (C=O) groups is 1. The van der Waals surface area contributed by atoms with E-state index in [9.17, 15) is 4.79 Å². The van der Waals surface area contributed by atoms with Crippen molar-refractivity contribution in [1.82, 2.24) is 0 Å². The number of ether oxygens (including phenoxy) is 1. The van der Waals surface area contributed by atoms with Crippen LogP contribution in [0.4, 0.5) is 0 Å². The smallest absolute Gasteiger partial charge is 0.309 e. The van der Waals surface area contributed by atoms with Gasteiger partial charge < -0.3 is 4.74 Å². The molecule has 0 heterocycles. The van der Waals surface area contributed by atoms with E-state index in [1.54, 1.807) is 0 Å². The van der Waals surface area contributed by atoms with Crippen LogP contribution in [-0.2, 0) is 9.53 Å². The Kier molecular flexibility index (Phi) is 8.79. The lowest BCUT2D eigenvalue weighted by Crippen LogP contribution is -2.31. The average Bonchev–Trinajstić information content (AvgIpc) is 2.29. The molecule has 19 heavy (non-hydrogen) atoms. The molecule has 0 fully saturated rings. The molecular weight excluding hydrogens is 236 g/mol. The van der Waals surface area contributed by atoms with E-state index < -0.39 is 0 Å². The molecule has 0 aliphatic carbocycles. The molecule has 0 amide bonds. The number of allylic oxidation sites excluding steroid dienone is 2. The fraction of sp³-hybridized carbons (Fsp3) is 0.824. The molecule has 0 saturated heterocycles. The summed E-state index contributed by atoms with van der Waals surface area (Å²) in [7, 11) is 0. The number of esters is 1. The van der Waals surface area contributed by atoms with Gasteiger partial charge in [-0.3, -0.25) is 4.79 Å². The summed E-state index contributed by atoms with van der Waals surface area (Å²) in [6, 6.07) is 0. The predicted molar refractivity (Wildman–Crippen MR) is 81.9 cm³/mol. The van der Waals surface area contributed by atoms with Gasteiger partial charge in [-0.05, 0) is 30.6 Å². The minimum absolute atomic E-state index is 0.0228. The Morgan fingerprint density at radius 2 is 1.37 bits per heavy atom. The van der Waals surface area contributed by atoms with E-state index in [0.29, 0.717) is 17.8 Å². The van der Waals surface area contributed by atoms with Crippen molar-refractivity contribution in [2.75, 3.05) is 0 Å². The third-order valence-electron chi connectivity index (χ3n) is 3.23. The standard InChI is InChI=1S/C17H32O2/c1-12(2)10-8-9-11-15(7)17(18)19-16(13(3)4)14(5)6/h8-9,12-16H,10-11H2,1-7H3/b9-8-. The molecule has 0 rings (SSSR count). The van der Waals surface area contributed by atoms with Crippen molar-refractivity contribution in [2.24, 2.45) is 23.7 Å². The van der Waals surface area contributed by atoms with E-state index >= 15 is 0 Å². The maximum atomic E-state index is 12.0. The molecule has 0 spiro atoms. The first-order valence-electron chi connectivity index (χ1n) is 7.61. The Labute approximate surface area is 119 Å². The highest BCUT2D eigenvalue weighted by Crippen LogP contribution is 2.19. The van der Waals surface area contributed by atoms with Crippen LogP contribution in [0, 0.1) is 23.7 Å². The van der Waals surface area contributed by atoms with Gasteiger partial charge in [0, 0.05) is 0 Å². The van der Waals surface area contributed by atoms with Crippen molar-refractivity contribution < 1.29 is 9.53 Å². The summed E-state index contributed by atoms with van der Waals surface area (Å²) in [6.45, 7) is 14.7. The van der Waals surface area contributed by atoms with Crippen LogP contribution in [0.25, 0.3) is 0 Å². The summed E-state index contributed by atoms with van der Waals surface area (Å²) in [5.41, 5.74) is 0. The highest BCUT2D eigenvalue weighted by atomic mass is 16.5. The SMILES string of the molecule is CC(C)C/C=C\CC(C)C(=O)OC(C(C)C)C(C)C. The topological polar surface area (TPSA) is 26.3 Å². The second-order valence-corrected chi connectivity index (χ2v) is 6.63. The van der Waals surface area contributed by atoms with Crippen LogP contribution in [-0.4, -0.2) is 12.1 Å². The molecule has 1 unspecified atom stereocenters. The van der Waals surface area contributed by atoms with Gasteiger partial charge in [0.25, 0.3) is 0 Å². The Bertz CT molecular complexity index is 269. The second-order valence-electron chi connectivity index (χ2n) is 6.63. The van der Waals surface area contributed by atoms with Crippen molar-refractivity contribution in [3.63, 3.8) is 0 Å². The van der Waals surface area contributed by atoms with Crippen LogP contribution in [0.15, 0.2) is 12.2 Å². The van der Waals surface area contributed by atoms with E-state index in [0.717, 1.165) is 12.8 Å². The largest absolute Gasteiger partial charge is 0.462 e. The first-order valence-corrected chi connectivity index (χ1v) is 7.61. The van der Waals surface area contributed by atoms with Crippen LogP contribution in [0.1, 0.15) is 61.3 Å². The van der Waals surface area contributed by atoms with Crippen LogP contribution in [0.5, 0.6) is 0 Å². The average molecular weight is 268 g/mol. The lowest BCUT2D eigenvalue weighted by atomic mass is 9.96. The molecule has 112 valence electrons. The Morgan fingerprint density at radius 3 is 1.79 bits per heavy atom. The van der Waals surface area contributed by atoms with Gasteiger partial charge in [-0.2, -0.15) is 0 Å². The van der Waals surface area contributed by atoms with E-state index in [1.165, 1.54) is 0 Å². The highest BCUT2D eigenvalue weighted by molar-refractivity contribution is 5.72. The molecule has 1 atom stereocenters. The minimum atomic E-state index is -0.0680. The molecule has 0 aromatic heterocycles. The zero-order chi connectivity index (χ0) is 15.0. The predicted octanol–water partition coefficient (Wildman–Crippen LogP) is 4.84. The van der Waals surface area contributed by atoms with Gasteiger partial charge in [-0.1, -0.05) is 60.6 Å².